The summed E-state index contributed by atoms with van der Waals surface area (Å²) in [6.07, 6.45) is 0.734. The smallest absolute Gasteiger partial charge is 0.0543 e. The Balaban J connectivity index is 2.39. The standard InChI is InChI=1S/C17H20BrNO/c1-13-4-2-3-5-16(13)17(11-19,12-20)10-14-6-8-15(18)9-7-14/h2-9,20H,10-12,19H2,1H3. The first-order chi connectivity index (χ1) is 9.61. The van der Waals surface area contributed by atoms with Crippen LogP contribution in [0, 0.1) is 6.92 Å². The van der Waals surface area contributed by atoms with E-state index < -0.39 is 5.41 Å². The van der Waals surface area contributed by atoms with Gasteiger partial charge in [0.1, 0.15) is 0 Å². The van der Waals surface area contributed by atoms with Crippen molar-refractivity contribution in [3.8, 4) is 0 Å². The summed E-state index contributed by atoms with van der Waals surface area (Å²) in [5.41, 5.74) is 9.09. The van der Waals surface area contributed by atoms with Gasteiger partial charge in [-0.2, -0.15) is 0 Å². The highest BCUT2D eigenvalue weighted by Crippen LogP contribution is 2.30. The molecule has 0 aliphatic carbocycles. The molecule has 2 aromatic carbocycles. The Morgan fingerprint density at radius 2 is 1.75 bits per heavy atom. The molecular weight excluding hydrogens is 314 g/mol. The molecule has 0 saturated carbocycles. The number of hydrogen-bond acceptors (Lipinski definition) is 2. The highest BCUT2D eigenvalue weighted by atomic mass is 79.9. The second-order valence-electron chi connectivity index (χ2n) is 5.26. The molecule has 2 aromatic rings. The Morgan fingerprint density at radius 3 is 2.30 bits per heavy atom. The van der Waals surface area contributed by atoms with Gasteiger partial charge in [-0.25, -0.2) is 0 Å². The molecule has 2 rings (SSSR count). The third-order valence-corrected chi connectivity index (χ3v) is 4.39. The zero-order chi connectivity index (χ0) is 14.6. The first-order valence-corrected chi connectivity index (χ1v) is 7.52. The molecule has 1 atom stereocenters. The summed E-state index contributed by atoms with van der Waals surface area (Å²) in [6, 6.07) is 16.3. The van der Waals surface area contributed by atoms with Crippen molar-refractivity contribution in [3.63, 3.8) is 0 Å². The van der Waals surface area contributed by atoms with E-state index in [4.69, 9.17) is 5.73 Å². The van der Waals surface area contributed by atoms with Crippen LogP contribution in [0.15, 0.2) is 53.0 Å². The lowest BCUT2D eigenvalue weighted by molar-refractivity contribution is 0.195. The Labute approximate surface area is 128 Å². The van der Waals surface area contributed by atoms with Crippen LogP contribution < -0.4 is 5.73 Å². The molecule has 1 unspecified atom stereocenters. The quantitative estimate of drug-likeness (QED) is 0.882. The zero-order valence-electron chi connectivity index (χ0n) is 11.6. The number of aliphatic hydroxyl groups is 1. The summed E-state index contributed by atoms with van der Waals surface area (Å²) in [5, 5.41) is 9.98. The minimum Gasteiger partial charge on any atom is -0.395 e. The molecule has 0 amide bonds. The molecule has 3 heteroatoms. The Morgan fingerprint density at radius 1 is 1.10 bits per heavy atom. The van der Waals surface area contributed by atoms with Crippen molar-refractivity contribution in [3.05, 3.63) is 69.7 Å². The van der Waals surface area contributed by atoms with Gasteiger partial charge in [0.05, 0.1) is 6.61 Å². The molecule has 0 heterocycles. The average molecular weight is 334 g/mol. The lowest BCUT2D eigenvalue weighted by Gasteiger charge is -2.32. The summed E-state index contributed by atoms with van der Waals surface area (Å²) in [6.45, 7) is 2.53. The van der Waals surface area contributed by atoms with Crippen molar-refractivity contribution in [1.82, 2.24) is 0 Å². The van der Waals surface area contributed by atoms with Gasteiger partial charge in [0.2, 0.25) is 0 Å². The van der Waals surface area contributed by atoms with E-state index in [9.17, 15) is 5.11 Å². The molecular formula is C17H20BrNO. The maximum atomic E-state index is 9.98. The Hall–Kier alpha value is -1.16. The number of hydrogen-bond donors (Lipinski definition) is 2. The summed E-state index contributed by atoms with van der Waals surface area (Å²) >= 11 is 3.44. The molecule has 0 aliphatic rings. The molecule has 0 aromatic heterocycles. The van der Waals surface area contributed by atoms with Gasteiger partial charge in [-0.05, 0) is 42.2 Å². The Bertz CT molecular complexity index is 561. The topological polar surface area (TPSA) is 46.2 Å². The third kappa shape index (κ3) is 3.11. The molecule has 3 N–H and O–H groups in total. The van der Waals surface area contributed by atoms with Crippen molar-refractivity contribution >= 4 is 15.9 Å². The van der Waals surface area contributed by atoms with E-state index in [0.29, 0.717) is 6.54 Å². The van der Waals surface area contributed by atoms with E-state index in [0.717, 1.165) is 16.5 Å². The van der Waals surface area contributed by atoms with Gasteiger partial charge in [0.15, 0.2) is 0 Å². The fourth-order valence-electron chi connectivity index (χ4n) is 2.64. The van der Waals surface area contributed by atoms with Crippen LogP contribution in [0.4, 0.5) is 0 Å². The monoisotopic (exact) mass is 333 g/mol. The molecule has 0 aliphatic heterocycles. The molecule has 0 spiro atoms. The van der Waals surface area contributed by atoms with Crippen LogP contribution in [-0.4, -0.2) is 18.3 Å². The molecule has 20 heavy (non-hydrogen) atoms. The van der Waals surface area contributed by atoms with E-state index >= 15 is 0 Å². The number of aryl methyl sites for hydroxylation is 1. The molecule has 2 nitrogen and oxygen atoms in total. The third-order valence-electron chi connectivity index (χ3n) is 3.87. The summed E-state index contributed by atoms with van der Waals surface area (Å²) in [5.74, 6) is 0. The van der Waals surface area contributed by atoms with Crippen LogP contribution in [0.5, 0.6) is 0 Å². The van der Waals surface area contributed by atoms with Crippen LogP contribution in [0.3, 0.4) is 0 Å². The van der Waals surface area contributed by atoms with Crippen molar-refractivity contribution < 1.29 is 5.11 Å². The van der Waals surface area contributed by atoms with Crippen molar-refractivity contribution in [2.75, 3.05) is 13.2 Å². The summed E-state index contributed by atoms with van der Waals surface area (Å²) in [7, 11) is 0. The predicted molar refractivity (Wildman–Crippen MR) is 86.8 cm³/mol. The SMILES string of the molecule is Cc1ccccc1C(CN)(CO)Cc1ccc(Br)cc1. The van der Waals surface area contributed by atoms with Crippen LogP contribution in [0.2, 0.25) is 0 Å². The van der Waals surface area contributed by atoms with Gasteiger partial charge in [-0.3, -0.25) is 0 Å². The number of benzene rings is 2. The van der Waals surface area contributed by atoms with Crippen LogP contribution >= 0.6 is 15.9 Å². The number of rotatable bonds is 5. The van der Waals surface area contributed by atoms with E-state index in [1.54, 1.807) is 0 Å². The first kappa shape index (κ1) is 15.2. The minimum absolute atomic E-state index is 0.0460. The lowest BCUT2D eigenvalue weighted by atomic mass is 9.74. The van der Waals surface area contributed by atoms with Gasteiger partial charge in [-0.15, -0.1) is 0 Å². The summed E-state index contributed by atoms with van der Waals surface area (Å²) in [4.78, 5) is 0. The van der Waals surface area contributed by atoms with Gasteiger partial charge < -0.3 is 10.8 Å². The van der Waals surface area contributed by atoms with Gasteiger partial charge >= 0.3 is 0 Å². The maximum absolute atomic E-state index is 9.98. The Kier molecular flexibility index (Phi) is 4.97. The fourth-order valence-corrected chi connectivity index (χ4v) is 2.91. The van der Waals surface area contributed by atoms with Crippen molar-refractivity contribution in [1.29, 1.82) is 0 Å². The van der Waals surface area contributed by atoms with Crippen LogP contribution in [-0.2, 0) is 11.8 Å². The molecule has 0 fully saturated rings. The average Bonchev–Trinajstić information content (AvgIpc) is 2.48. The first-order valence-electron chi connectivity index (χ1n) is 6.73. The highest BCUT2D eigenvalue weighted by molar-refractivity contribution is 9.10. The fraction of sp³-hybridized carbons (Fsp3) is 0.294. The van der Waals surface area contributed by atoms with Gasteiger partial charge in [-0.1, -0.05) is 52.3 Å². The number of nitrogens with two attached hydrogens (primary N) is 1. The normalized spacial score (nSPS) is 14.0. The van der Waals surface area contributed by atoms with Crippen molar-refractivity contribution in [2.24, 2.45) is 5.73 Å². The van der Waals surface area contributed by atoms with Crippen LogP contribution in [0.25, 0.3) is 0 Å². The number of halogens is 1. The second kappa shape index (κ2) is 6.53. The lowest BCUT2D eigenvalue weighted by Crippen LogP contribution is -2.41. The zero-order valence-corrected chi connectivity index (χ0v) is 13.2. The number of aliphatic hydroxyl groups excluding tert-OH is 1. The maximum Gasteiger partial charge on any atom is 0.0543 e. The van der Waals surface area contributed by atoms with Gasteiger partial charge in [0, 0.05) is 16.4 Å². The van der Waals surface area contributed by atoms with Crippen LogP contribution in [0.1, 0.15) is 16.7 Å². The van der Waals surface area contributed by atoms with Crippen molar-refractivity contribution in [2.45, 2.75) is 18.8 Å². The van der Waals surface area contributed by atoms with E-state index in [1.807, 2.05) is 24.3 Å². The summed E-state index contributed by atoms with van der Waals surface area (Å²) < 4.78 is 1.06. The second-order valence-corrected chi connectivity index (χ2v) is 6.18. The molecule has 0 radical (unpaired) electrons. The molecule has 0 bridgehead atoms. The molecule has 0 saturated heterocycles. The van der Waals surface area contributed by atoms with E-state index in [1.165, 1.54) is 11.1 Å². The highest BCUT2D eigenvalue weighted by Gasteiger charge is 2.31. The predicted octanol–water partition coefficient (Wildman–Crippen LogP) is 3.19. The van der Waals surface area contributed by atoms with Gasteiger partial charge in [0.25, 0.3) is 0 Å². The largest absolute Gasteiger partial charge is 0.395 e. The van der Waals surface area contributed by atoms with E-state index in [-0.39, 0.29) is 6.61 Å². The minimum atomic E-state index is -0.417. The molecule has 106 valence electrons. The van der Waals surface area contributed by atoms with E-state index in [2.05, 4.69) is 47.1 Å².